The molecule has 0 saturated carbocycles. The van der Waals surface area contributed by atoms with Gasteiger partial charge in [0.1, 0.15) is 5.82 Å². The van der Waals surface area contributed by atoms with Crippen LogP contribution in [-0.2, 0) is 6.54 Å². The topological polar surface area (TPSA) is 41.1 Å². The highest BCUT2D eigenvalue weighted by atomic mass is 15.2. The standard InChI is InChI=1S/C14H24N4/c1-4-15-7-13-8-17-14(9-16-13)18-6-5-12(10-18)11(2)3/h8-9,11-12,15H,4-7,10H2,1-3H3. The lowest BCUT2D eigenvalue weighted by molar-refractivity contribution is 0.422. The summed E-state index contributed by atoms with van der Waals surface area (Å²) in [6, 6.07) is 0. The predicted octanol–water partition coefficient (Wildman–Crippen LogP) is 2.07. The summed E-state index contributed by atoms with van der Waals surface area (Å²) in [5.74, 6) is 2.59. The summed E-state index contributed by atoms with van der Waals surface area (Å²) in [7, 11) is 0. The van der Waals surface area contributed by atoms with Crippen LogP contribution in [-0.4, -0.2) is 29.6 Å². The molecule has 1 N–H and O–H groups in total. The second-order valence-corrected chi connectivity index (χ2v) is 5.39. The quantitative estimate of drug-likeness (QED) is 0.866. The lowest BCUT2D eigenvalue weighted by atomic mass is 9.95. The van der Waals surface area contributed by atoms with Crippen molar-refractivity contribution in [2.24, 2.45) is 11.8 Å². The van der Waals surface area contributed by atoms with Crippen LogP contribution in [0.3, 0.4) is 0 Å². The summed E-state index contributed by atoms with van der Waals surface area (Å²) < 4.78 is 0. The van der Waals surface area contributed by atoms with E-state index in [9.17, 15) is 0 Å². The van der Waals surface area contributed by atoms with E-state index in [4.69, 9.17) is 0 Å². The highest BCUT2D eigenvalue weighted by molar-refractivity contribution is 5.37. The lowest BCUT2D eigenvalue weighted by Gasteiger charge is -2.18. The number of nitrogens with one attached hydrogen (secondary N) is 1. The van der Waals surface area contributed by atoms with Gasteiger partial charge in [0.2, 0.25) is 0 Å². The second kappa shape index (κ2) is 6.14. The van der Waals surface area contributed by atoms with Crippen molar-refractivity contribution in [3.05, 3.63) is 18.1 Å². The molecule has 1 saturated heterocycles. The molecule has 0 spiro atoms. The van der Waals surface area contributed by atoms with Crippen LogP contribution in [0.25, 0.3) is 0 Å². The third kappa shape index (κ3) is 3.19. The molecular formula is C14H24N4. The van der Waals surface area contributed by atoms with Crippen molar-refractivity contribution in [1.29, 1.82) is 0 Å². The van der Waals surface area contributed by atoms with Gasteiger partial charge in [-0.25, -0.2) is 4.98 Å². The summed E-state index contributed by atoms with van der Waals surface area (Å²) >= 11 is 0. The third-order valence-corrected chi connectivity index (χ3v) is 3.74. The molecule has 0 bridgehead atoms. The first kappa shape index (κ1) is 13.3. The van der Waals surface area contributed by atoms with E-state index in [2.05, 4.69) is 41.0 Å². The van der Waals surface area contributed by atoms with Gasteiger partial charge in [0, 0.05) is 19.6 Å². The molecule has 1 aliphatic heterocycles. The van der Waals surface area contributed by atoms with E-state index in [0.29, 0.717) is 0 Å². The van der Waals surface area contributed by atoms with Crippen LogP contribution in [0.2, 0.25) is 0 Å². The Labute approximate surface area is 110 Å². The maximum atomic E-state index is 4.53. The van der Waals surface area contributed by atoms with Crippen LogP contribution in [0.15, 0.2) is 12.4 Å². The zero-order chi connectivity index (χ0) is 13.0. The van der Waals surface area contributed by atoms with Gasteiger partial charge in [-0.1, -0.05) is 20.8 Å². The molecule has 1 aromatic rings. The molecule has 100 valence electrons. The Bertz CT molecular complexity index is 361. The Hall–Kier alpha value is -1.16. The molecule has 2 heterocycles. The van der Waals surface area contributed by atoms with E-state index in [1.165, 1.54) is 6.42 Å². The van der Waals surface area contributed by atoms with E-state index in [0.717, 1.165) is 49.5 Å². The molecule has 0 aromatic carbocycles. The molecule has 4 heteroatoms. The molecule has 1 fully saturated rings. The van der Waals surface area contributed by atoms with E-state index < -0.39 is 0 Å². The summed E-state index contributed by atoms with van der Waals surface area (Å²) in [5.41, 5.74) is 1.01. The highest BCUT2D eigenvalue weighted by Crippen LogP contribution is 2.26. The van der Waals surface area contributed by atoms with Crippen LogP contribution in [0.1, 0.15) is 32.9 Å². The summed E-state index contributed by atoms with van der Waals surface area (Å²) in [6.07, 6.45) is 5.08. The van der Waals surface area contributed by atoms with Gasteiger partial charge in [-0.3, -0.25) is 4.98 Å². The van der Waals surface area contributed by atoms with Crippen LogP contribution >= 0.6 is 0 Å². The molecule has 0 aliphatic carbocycles. The number of rotatable bonds is 5. The number of anilines is 1. The Balaban J connectivity index is 1.94. The fourth-order valence-corrected chi connectivity index (χ4v) is 2.40. The van der Waals surface area contributed by atoms with Gasteiger partial charge in [-0.2, -0.15) is 0 Å². The molecule has 4 nitrogen and oxygen atoms in total. The summed E-state index contributed by atoms with van der Waals surface area (Å²) in [4.78, 5) is 11.4. The zero-order valence-electron chi connectivity index (χ0n) is 11.7. The number of hydrogen-bond acceptors (Lipinski definition) is 4. The molecule has 18 heavy (non-hydrogen) atoms. The Morgan fingerprint density at radius 3 is 2.78 bits per heavy atom. The van der Waals surface area contributed by atoms with Crippen molar-refractivity contribution in [2.75, 3.05) is 24.5 Å². The average molecular weight is 248 g/mol. The first-order valence-corrected chi connectivity index (χ1v) is 6.97. The minimum atomic E-state index is 0.760. The van der Waals surface area contributed by atoms with Crippen molar-refractivity contribution in [3.63, 3.8) is 0 Å². The molecule has 1 unspecified atom stereocenters. The predicted molar refractivity (Wildman–Crippen MR) is 74.6 cm³/mol. The monoisotopic (exact) mass is 248 g/mol. The van der Waals surface area contributed by atoms with E-state index in [1.807, 2.05) is 12.4 Å². The number of nitrogens with zero attached hydrogens (tertiary/aromatic N) is 3. The Kier molecular flexibility index (Phi) is 4.53. The molecular weight excluding hydrogens is 224 g/mol. The van der Waals surface area contributed by atoms with Gasteiger partial charge in [0.25, 0.3) is 0 Å². The van der Waals surface area contributed by atoms with Crippen molar-refractivity contribution in [2.45, 2.75) is 33.7 Å². The van der Waals surface area contributed by atoms with E-state index >= 15 is 0 Å². The first-order valence-electron chi connectivity index (χ1n) is 6.97. The minimum Gasteiger partial charge on any atom is -0.355 e. The summed E-state index contributed by atoms with van der Waals surface area (Å²) in [5, 5.41) is 3.26. The first-order chi connectivity index (χ1) is 8.70. The van der Waals surface area contributed by atoms with E-state index in [1.54, 1.807) is 0 Å². The fourth-order valence-electron chi connectivity index (χ4n) is 2.40. The largest absolute Gasteiger partial charge is 0.355 e. The van der Waals surface area contributed by atoms with Crippen molar-refractivity contribution < 1.29 is 0 Å². The number of hydrogen-bond donors (Lipinski definition) is 1. The fraction of sp³-hybridized carbons (Fsp3) is 0.714. The molecule has 0 radical (unpaired) electrons. The Morgan fingerprint density at radius 2 is 2.22 bits per heavy atom. The highest BCUT2D eigenvalue weighted by Gasteiger charge is 2.25. The van der Waals surface area contributed by atoms with Gasteiger partial charge < -0.3 is 10.2 Å². The second-order valence-electron chi connectivity index (χ2n) is 5.39. The number of aromatic nitrogens is 2. The maximum absolute atomic E-state index is 4.53. The minimum absolute atomic E-state index is 0.760. The molecule has 1 aromatic heterocycles. The van der Waals surface area contributed by atoms with Gasteiger partial charge in [0.15, 0.2) is 0 Å². The van der Waals surface area contributed by atoms with Crippen molar-refractivity contribution >= 4 is 5.82 Å². The van der Waals surface area contributed by atoms with Crippen molar-refractivity contribution in [1.82, 2.24) is 15.3 Å². The average Bonchev–Trinajstić information content (AvgIpc) is 2.87. The summed E-state index contributed by atoms with van der Waals surface area (Å²) in [6.45, 7) is 10.7. The van der Waals surface area contributed by atoms with Crippen LogP contribution in [0.5, 0.6) is 0 Å². The molecule has 1 atom stereocenters. The lowest BCUT2D eigenvalue weighted by Crippen LogP contribution is -2.22. The normalized spacial score (nSPS) is 19.8. The molecule has 0 amide bonds. The van der Waals surface area contributed by atoms with Gasteiger partial charge in [0.05, 0.1) is 18.1 Å². The molecule has 2 rings (SSSR count). The maximum Gasteiger partial charge on any atom is 0.147 e. The van der Waals surface area contributed by atoms with Gasteiger partial charge >= 0.3 is 0 Å². The van der Waals surface area contributed by atoms with Gasteiger partial charge in [-0.15, -0.1) is 0 Å². The third-order valence-electron chi connectivity index (χ3n) is 3.74. The molecule has 1 aliphatic rings. The van der Waals surface area contributed by atoms with Crippen LogP contribution in [0, 0.1) is 11.8 Å². The Morgan fingerprint density at radius 1 is 1.39 bits per heavy atom. The zero-order valence-corrected chi connectivity index (χ0v) is 11.7. The smallest absolute Gasteiger partial charge is 0.147 e. The van der Waals surface area contributed by atoms with Crippen molar-refractivity contribution in [3.8, 4) is 0 Å². The SMILES string of the molecule is CCNCc1cnc(N2CCC(C(C)C)C2)cn1. The van der Waals surface area contributed by atoms with E-state index in [-0.39, 0.29) is 0 Å². The van der Waals surface area contributed by atoms with Gasteiger partial charge in [-0.05, 0) is 24.8 Å². The van der Waals surface area contributed by atoms with Crippen LogP contribution < -0.4 is 10.2 Å². The van der Waals surface area contributed by atoms with Crippen LogP contribution in [0.4, 0.5) is 5.82 Å².